The van der Waals surface area contributed by atoms with Crippen molar-refractivity contribution in [3.8, 4) is 0 Å². The Labute approximate surface area is 118 Å². The van der Waals surface area contributed by atoms with Gasteiger partial charge in [0.05, 0.1) is 0 Å². The lowest BCUT2D eigenvalue weighted by molar-refractivity contribution is 0.327. The van der Waals surface area contributed by atoms with Crippen LogP contribution in [-0.2, 0) is 0 Å². The van der Waals surface area contributed by atoms with Gasteiger partial charge in [-0.2, -0.15) is 0 Å². The highest BCUT2D eigenvalue weighted by Crippen LogP contribution is 2.25. The molecule has 1 aliphatic heterocycles. The lowest BCUT2D eigenvalue weighted by Crippen LogP contribution is -2.49. The number of piperidine rings is 1. The van der Waals surface area contributed by atoms with E-state index in [4.69, 9.17) is 0 Å². The van der Waals surface area contributed by atoms with Gasteiger partial charge in [-0.1, -0.05) is 38.0 Å². The second kappa shape index (κ2) is 6.95. The van der Waals surface area contributed by atoms with Crippen molar-refractivity contribution in [2.24, 2.45) is 5.92 Å². The maximum Gasteiger partial charge on any atom is 0.0367 e. The Hall–Kier alpha value is -1.02. The van der Waals surface area contributed by atoms with Gasteiger partial charge in [0.15, 0.2) is 0 Å². The Morgan fingerprint density at radius 2 is 1.89 bits per heavy atom. The van der Waals surface area contributed by atoms with Crippen LogP contribution in [0.15, 0.2) is 24.3 Å². The van der Waals surface area contributed by atoms with Crippen LogP contribution in [0.25, 0.3) is 0 Å². The van der Waals surface area contributed by atoms with Crippen molar-refractivity contribution >= 4 is 5.69 Å². The van der Waals surface area contributed by atoms with Crippen LogP contribution in [0.4, 0.5) is 5.69 Å². The molecular weight excluding hydrogens is 232 g/mol. The summed E-state index contributed by atoms with van der Waals surface area (Å²) in [6.45, 7) is 10.2. The molecule has 19 heavy (non-hydrogen) atoms. The molecule has 2 rings (SSSR count). The van der Waals surface area contributed by atoms with Gasteiger partial charge >= 0.3 is 0 Å². The normalized spacial score (nSPS) is 23.6. The minimum absolute atomic E-state index is 0.653. The summed E-state index contributed by atoms with van der Waals surface area (Å²) in [4.78, 5) is 2.56. The number of nitrogens with one attached hydrogen (secondary N) is 1. The molecule has 2 nitrogen and oxygen atoms in total. The highest BCUT2D eigenvalue weighted by Gasteiger charge is 2.25. The van der Waals surface area contributed by atoms with E-state index >= 15 is 0 Å². The fourth-order valence-electron chi connectivity index (χ4n) is 2.96. The molecule has 1 N–H and O–H groups in total. The molecule has 0 amide bonds. The zero-order valence-electron chi connectivity index (χ0n) is 12.7. The van der Waals surface area contributed by atoms with Gasteiger partial charge in [0, 0.05) is 24.8 Å². The van der Waals surface area contributed by atoms with Crippen molar-refractivity contribution in [2.45, 2.75) is 46.1 Å². The molecule has 0 aliphatic carbocycles. The third-order valence-electron chi connectivity index (χ3n) is 4.20. The van der Waals surface area contributed by atoms with E-state index in [1.54, 1.807) is 0 Å². The Balaban J connectivity index is 2.04. The van der Waals surface area contributed by atoms with Gasteiger partial charge in [0.1, 0.15) is 0 Å². The van der Waals surface area contributed by atoms with Gasteiger partial charge in [-0.15, -0.1) is 0 Å². The maximum atomic E-state index is 3.71. The summed E-state index contributed by atoms with van der Waals surface area (Å²) in [6.07, 6.45) is 3.84. The molecule has 1 heterocycles. The number of anilines is 1. The summed E-state index contributed by atoms with van der Waals surface area (Å²) >= 11 is 0. The molecule has 1 fully saturated rings. The number of nitrogens with zero attached hydrogens (tertiary/aromatic N) is 1. The topological polar surface area (TPSA) is 15.3 Å². The highest BCUT2D eigenvalue weighted by molar-refractivity contribution is 5.48. The smallest absolute Gasteiger partial charge is 0.0367 e. The second-order valence-corrected chi connectivity index (χ2v) is 5.90. The van der Waals surface area contributed by atoms with Gasteiger partial charge in [-0.3, -0.25) is 0 Å². The lowest BCUT2D eigenvalue weighted by atomic mass is 9.91. The summed E-state index contributed by atoms with van der Waals surface area (Å²) < 4.78 is 0. The molecule has 0 aromatic heterocycles. The quantitative estimate of drug-likeness (QED) is 0.870. The zero-order valence-corrected chi connectivity index (χ0v) is 12.7. The van der Waals surface area contributed by atoms with Gasteiger partial charge in [0.2, 0.25) is 0 Å². The number of aryl methyl sites for hydroxylation is 1. The molecule has 0 radical (unpaired) electrons. The first kappa shape index (κ1) is 14.4. The molecule has 0 spiro atoms. The molecule has 0 bridgehead atoms. The molecule has 2 unspecified atom stereocenters. The Morgan fingerprint density at radius 3 is 2.53 bits per heavy atom. The molecule has 2 atom stereocenters. The first-order valence-corrected chi connectivity index (χ1v) is 7.78. The van der Waals surface area contributed by atoms with E-state index in [0.29, 0.717) is 6.04 Å². The van der Waals surface area contributed by atoms with Gasteiger partial charge in [-0.05, 0) is 44.4 Å². The molecular formula is C17H28N2. The molecule has 1 saturated heterocycles. The highest BCUT2D eigenvalue weighted by atomic mass is 15.2. The summed E-state index contributed by atoms with van der Waals surface area (Å²) in [5.41, 5.74) is 2.72. The lowest BCUT2D eigenvalue weighted by Gasteiger charge is -2.39. The third-order valence-corrected chi connectivity index (χ3v) is 4.20. The zero-order chi connectivity index (χ0) is 13.7. The average Bonchev–Trinajstić information content (AvgIpc) is 2.45. The van der Waals surface area contributed by atoms with Crippen LogP contribution in [0.3, 0.4) is 0 Å². The molecule has 1 aromatic carbocycles. The largest absolute Gasteiger partial charge is 0.370 e. The van der Waals surface area contributed by atoms with Crippen LogP contribution in [0.5, 0.6) is 0 Å². The van der Waals surface area contributed by atoms with Crippen molar-refractivity contribution in [3.63, 3.8) is 0 Å². The van der Waals surface area contributed by atoms with Crippen molar-refractivity contribution in [2.75, 3.05) is 24.5 Å². The number of hydrogen-bond donors (Lipinski definition) is 1. The van der Waals surface area contributed by atoms with E-state index in [2.05, 4.69) is 55.3 Å². The van der Waals surface area contributed by atoms with E-state index in [-0.39, 0.29) is 0 Å². The van der Waals surface area contributed by atoms with E-state index in [9.17, 15) is 0 Å². The Kier molecular flexibility index (Phi) is 5.26. The Morgan fingerprint density at radius 1 is 1.16 bits per heavy atom. The molecule has 0 saturated carbocycles. The van der Waals surface area contributed by atoms with Crippen LogP contribution >= 0.6 is 0 Å². The number of benzene rings is 1. The predicted molar refractivity (Wildman–Crippen MR) is 83.9 cm³/mol. The van der Waals surface area contributed by atoms with Crippen LogP contribution in [0.2, 0.25) is 0 Å². The van der Waals surface area contributed by atoms with Crippen molar-refractivity contribution in [1.82, 2.24) is 5.32 Å². The van der Waals surface area contributed by atoms with E-state index in [1.165, 1.54) is 37.1 Å². The van der Waals surface area contributed by atoms with Crippen LogP contribution in [0, 0.1) is 12.8 Å². The molecule has 1 aliphatic rings. The Bertz CT molecular complexity index is 371. The minimum atomic E-state index is 0.653. The fraction of sp³-hybridized carbons (Fsp3) is 0.647. The third kappa shape index (κ3) is 3.97. The summed E-state index contributed by atoms with van der Waals surface area (Å²) in [5.74, 6) is 0.824. The fourth-order valence-corrected chi connectivity index (χ4v) is 2.96. The van der Waals surface area contributed by atoms with Crippen LogP contribution in [0.1, 0.15) is 38.7 Å². The van der Waals surface area contributed by atoms with Crippen LogP contribution in [-0.4, -0.2) is 25.7 Å². The van der Waals surface area contributed by atoms with Crippen molar-refractivity contribution < 1.29 is 0 Å². The van der Waals surface area contributed by atoms with Crippen LogP contribution < -0.4 is 10.2 Å². The van der Waals surface area contributed by atoms with Crippen molar-refractivity contribution in [3.05, 3.63) is 29.8 Å². The standard InChI is InChI=1S/C17H28N2/c1-4-10-18-16-11-15(5-2)12-19(13-16)17-8-6-14(3)7-9-17/h6-9,15-16,18H,4-5,10-13H2,1-3H3. The summed E-state index contributed by atoms with van der Waals surface area (Å²) in [7, 11) is 0. The van der Waals surface area contributed by atoms with Gasteiger partial charge < -0.3 is 10.2 Å². The van der Waals surface area contributed by atoms with Crippen molar-refractivity contribution in [1.29, 1.82) is 0 Å². The maximum absolute atomic E-state index is 3.71. The summed E-state index contributed by atoms with van der Waals surface area (Å²) in [5, 5.41) is 3.71. The molecule has 106 valence electrons. The minimum Gasteiger partial charge on any atom is -0.370 e. The number of hydrogen-bond acceptors (Lipinski definition) is 2. The predicted octanol–water partition coefficient (Wildman–Crippen LogP) is 3.60. The van der Waals surface area contributed by atoms with E-state index < -0.39 is 0 Å². The van der Waals surface area contributed by atoms with Gasteiger partial charge in [-0.25, -0.2) is 0 Å². The first-order valence-electron chi connectivity index (χ1n) is 7.78. The van der Waals surface area contributed by atoms with Gasteiger partial charge in [0.25, 0.3) is 0 Å². The summed E-state index contributed by atoms with van der Waals surface area (Å²) in [6, 6.07) is 9.63. The number of rotatable bonds is 5. The second-order valence-electron chi connectivity index (χ2n) is 5.90. The SMILES string of the molecule is CCCNC1CC(CC)CN(c2ccc(C)cc2)C1. The first-order chi connectivity index (χ1) is 9.22. The van der Waals surface area contributed by atoms with E-state index in [0.717, 1.165) is 19.0 Å². The molecule has 2 heteroatoms. The van der Waals surface area contributed by atoms with E-state index in [1.807, 2.05) is 0 Å². The monoisotopic (exact) mass is 260 g/mol. The average molecular weight is 260 g/mol. The molecule has 1 aromatic rings.